The van der Waals surface area contributed by atoms with Crippen molar-refractivity contribution >= 4 is 11.6 Å². The van der Waals surface area contributed by atoms with Gasteiger partial charge in [-0.3, -0.25) is 9.69 Å². The summed E-state index contributed by atoms with van der Waals surface area (Å²) in [6.07, 6.45) is 0.585. The number of nitrogens with one attached hydrogen (secondary N) is 1. The first kappa shape index (κ1) is 14.5. The Morgan fingerprint density at radius 2 is 2.35 bits per heavy atom. The van der Waals surface area contributed by atoms with Gasteiger partial charge in [0.05, 0.1) is 23.9 Å². The Bertz CT molecular complexity index is 522. The zero-order valence-electron chi connectivity index (χ0n) is 11.5. The Morgan fingerprint density at radius 1 is 1.60 bits per heavy atom. The number of anilines is 1. The molecule has 1 heterocycles. The monoisotopic (exact) mass is 273 g/mol. The van der Waals surface area contributed by atoms with Gasteiger partial charge in [0.25, 0.3) is 0 Å². The summed E-state index contributed by atoms with van der Waals surface area (Å²) in [5.41, 5.74) is 1.01. The second kappa shape index (κ2) is 6.51. The number of hydrogen-bond acceptors (Lipinski definition) is 4. The van der Waals surface area contributed by atoms with Gasteiger partial charge in [-0.05, 0) is 37.9 Å². The van der Waals surface area contributed by atoms with Crippen molar-refractivity contribution in [2.45, 2.75) is 19.4 Å². The van der Waals surface area contributed by atoms with Crippen molar-refractivity contribution in [2.75, 3.05) is 25.0 Å². The third-order valence-corrected chi connectivity index (χ3v) is 3.68. The second-order valence-electron chi connectivity index (χ2n) is 5.23. The number of nitrogens with zero attached hydrogens (tertiary/aromatic N) is 2. The highest BCUT2D eigenvalue weighted by molar-refractivity contribution is 5.93. The smallest absolute Gasteiger partial charge is 0.238 e. The molecule has 1 aliphatic rings. The van der Waals surface area contributed by atoms with Crippen LogP contribution >= 0.6 is 0 Å². The first-order valence-electron chi connectivity index (χ1n) is 6.79. The van der Waals surface area contributed by atoms with Crippen LogP contribution in [0.5, 0.6) is 0 Å². The first-order chi connectivity index (χ1) is 9.60. The lowest BCUT2D eigenvalue weighted by Crippen LogP contribution is -2.32. The lowest BCUT2D eigenvalue weighted by Gasteiger charge is -2.17. The maximum atomic E-state index is 12.0. The summed E-state index contributed by atoms with van der Waals surface area (Å²) in [4.78, 5) is 14.0. The van der Waals surface area contributed by atoms with Crippen LogP contribution in [0.15, 0.2) is 24.3 Å². The van der Waals surface area contributed by atoms with Crippen molar-refractivity contribution in [1.82, 2.24) is 4.90 Å². The molecule has 1 amide bonds. The van der Waals surface area contributed by atoms with E-state index in [1.165, 1.54) is 0 Å². The number of benzene rings is 1. The van der Waals surface area contributed by atoms with Crippen LogP contribution in [0.2, 0.25) is 0 Å². The Balaban J connectivity index is 1.89. The number of carbonyl (C=O) groups excluding carboxylic acids is 1. The fourth-order valence-electron chi connectivity index (χ4n) is 2.48. The quantitative estimate of drug-likeness (QED) is 0.864. The molecule has 0 radical (unpaired) electrons. The van der Waals surface area contributed by atoms with Crippen molar-refractivity contribution in [1.29, 1.82) is 5.26 Å². The number of para-hydroxylation sites is 1. The van der Waals surface area contributed by atoms with Gasteiger partial charge in [-0.1, -0.05) is 12.1 Å². The largest absolute Gasteiger partial charge is 0.393 e. The number of aliphatic hydroxyl groups is 1. The predicted molar refractivity (Wildman–Crippen MR) is 76.0 cm³/mol. The molecule has 1 aliphatic heterocycles. The molecule has 106 valence electrons. The summed E-state index contributed by atoms with van der Waals surface area (Å²) >= 11 is 0. The van der Waals surface area contributed by atoms with Crippen LogP contribution in [0.4, 0.5) is 5.69 Å². The Labute approximate surface area is 118 Å². The number of aliphatic hydroxyl groups excluding tert-OH is 1. The number of hydrogen-bond donors (Lipinski definition) is 2. The number of nitriles is 1. The summed E-state index contributed by atoms with van der Waals surface area (Å²) in [5.74, 6) is 0.119. The molecule has 1 fully saturated rings. The molecule has 0 aromatic heterocycles. The van der Waals surface area contributed by atoms with E-state index < -0.39 is 0 Å². The zero-order chi connectivity index (χ0) is 14.5. The van der Waals surface area contributed by atoms with E-state index in [0.717, 1.165) is 19.5 Å². The molecule has 1 saturated heterocycles. The first-order valence-corrected chi connectivity index (χ1v) is 6.79. The van der Waals surface area contributed by atoms with E-state index in [1.807, 2.05) is 4.90 Å². The Morgan fingerprint density at radius 3 is 3.00 bits per heavy atom. The summed E-state index contributed by atoms with van der Waals surface area (Å²) in [7, 11) is 0. The van der Waals surface area contributed by atoms with Gasteiger partial charge >= 0.3 is 0 Å². The fourth-order valence-corrected chi connectivity index (χ4v) is 2.48. The van der Waals surface area contributed by atoms with Gasteiger partial charge in [-0.15, -0.1) is 0 Å². The lowest BCUT2D eigenvalue weighted by atomic mass is 10.0. The molecule has 0 spiro atoms. The topological polar surface area (TPSA) is 76.4 Å². The van der Waals surface area contributed by atoms with Gasteiger partial charge in [-0.2, -0.15) is 5.26 Å². The van der Waals surface area contributed by atoms with Crippen molar-refractivity contribution < 1.29 is 9.90 Å². The predicted octanol–water partition coefficient (Wildman–Crippen LogP) is 1.20. The Kier molecular flexibility index (Phi) is 4.72. The van der Waals surface area contributed by atoms with Crippen molar-refractivity contribution in [3.8, 4) is 6.07 Å². The molecule has 20 heavy (non-hydrogen) atoms. The van der Waals surface area contributed by atoms with E-state index in [-0.39, 0.29) is 17.9 Å². The van der Waals surface area contributed by atoms with Crippen LogP contribution in [0.25, 0.3) is 0 Å². The van der Waals surface area contributed by atoms with Crippen LogP contribution in [-0.2, 0) is 4.79 Å². The lowest BCUT2D eigenvalue weighted by molar-refractivity contribution is -0.117. The summed E-state index contributed by atoms with van der Waals surface area (Å²) in [6.45, 7) is 3.65. The third kappa shape index (κ3) is 3.56. The summed E-state index contributed by atoms with van der Waals surface area (Å²) < 4.78 is 0. The van der Waals surface area contributed by atoms with Gasteiger partial charge in [0.15, 0.2) is 0 Å². The van der Waals surface area contributed by atoms with Crippen LogP contribution in [0, 0.1) is 17.2 Å². The molecular formula is C15H19N3O2. The van der Waals surface area contributed by atoms with Gasteiger partial charge in [0.1, 0.15) is 6.07 Å². The van der Waals surface area contributed by atoms with Crippen molar-refractivity contribution in [3.05, 3.63) is 29.8 Å². The maximum absolute atomic E-state index is 12.0. The van der Waals surface area contributed by atoms with Crippen LogP contribution in [-0.4, -0.2) is 41.7 Å². The second-order valence-corrected chi connectivity index (χ2v) is 5.23. The average molecular weight is 273 g/mol. The van der Waals surface area contributed by atoms with E-state index >= 15 is 0 Å². The zero-order valence-corrected chi connectivity index (χ0v) is 11.5. The van der Waals surface area contributed by atoms with Gasteiger partial charge < -0.3 is 10.4 Å². The summed E-state index contributed by atoms with van der Waals surface area (Å²) in [6, 6.07) is 9.01. The van der Waals surface area contributed by atoms with Gasteiger partial charge in [0, 0.05) is 6.54 Å². The minimum atomic E-state index is -0.331. The van der Waals surface area contributed by atoms with Gasteiger partial charge in [0.2, 0.25) is 5.91 Å². The molecule has 0 aliphatic carbocycles. The Hall–Kier alpha value is -1.90. The number of carbonyl (C=O) groups is 1. The average Bonchev–Trinajstić information content (AvgIpc) is 2.88. The molecule has 2 atom stereocenters. The van der Waals surface area contributed by atoms with Crippen LogP contribution in [0.3, 0.4) is 0 Å². The maximum Gasteiger partial charge on any atom is 0.238 e. The molecule has 2 unspecified atom stereocenters. The van der Waals surface area contributed by atoms with E-state index in [9.17, 15) is 9.90 Å². The molecule has 0 bridgehead atoms. The van der Waals surface area contributed by atoms with E-state index in [2.05, 4.69) is 11.4 Å². The molecule has 5 heteroatoms. The number of likely N-dealkylation sites (tertiary alicyclic amines) is 1. The normalized spacial score (nSPS) is 20.4. The highest BCUT2D eigenvalue weighted by atomic mass is 16.3. The SMILES string of the molecule is CC(O)C1CCN(CC(=O)Nc2ccccc2C#N)C1. The van der Waals surface area contributed by atoms with Gasteiger partial charge in [-0.25, -0.2) is 0 Å². The molecule has 1 aromatic carbocycles. The van der Waals surface area contributed by atoms with E-state index in [0.29, 0.717) is 17.8 Å². The van der Waals surface area contributed by atoms with Crippen molar-refractivity contribution in [2.24, 2.45) is 5.92 Å². The third-order valence-electron chi connectivity index (χ3n) is 3.68. The highest BCUT2D eigenvalue weighted by Gasteiger charge is 2.27. The number of rotatable bonds is 4. The molecule has 1 aromatic rings. The van der Waals surface area contributed by atoms with Crippen LogP contribution in [0.1, 0.15) is 18.9 Å². The van der Waals surface area contributed by atoms with E-state index in [4.69, 9.17) is 5.26 Å². The molecule has 5 nitrogen and oxygen atoms in total. The highest BCUT2D eigenvalue weighted by Crippen LogP contribution is 2.19. The number of amides is 1. The molecule has 2 N–H and O–H groups in total. The van der Waals surface area contributed by atoms with Crippen molar-refractivity contribution in [3.63, 3.8) is 0 Å². The fraction of sp³-hybridized carbons (Fsp3) is 0.467. The standard InChI is InChI=1S/C15H19N3O2/c1-11(19)13-6-7-18(9-13)10-15(20)17-14-5-3-2-4-12(14)8-16/h2-5,11,13,19H,6-7,9-10H2,1H3,(H,17,20). The minimum absolute atomic E-state index is 0.126. The minimum Gasteiger partial charge on any atom is -0.393 e. The molecule has 0 saturated carbocycles. The summed E-state index contributed by atoms with van der Waals surface area (Å²) in [5, 5.41) is 21.3. The van der Waals surface area contributed by atoms with E-state index in [1.54, 1.807) is 31.2 Å². The molecular weight excluding hydrogens is 254 g/mol. The molecule has 2 rings (SSSR count). The van der Waals surface area contributed by atoms with Crippen LogP contribution < -0.4 is 5.32 Å².